The van der Waals surface area contributed by atoms with Gasteiger partial charge in [-0.15, -0.1) is 0 Å². The van der Waals surface area contributed by atoms with E-state index < -0.39 is 21.9 Å². The number of amides is 1. The molecule has 3 aliphatic rings. The van der Waals surface area contributed by atoms with Crippen molar-refractivity contribution >= 4 is 49.6 Å². The molecule has 1 aromatic heterocycles. The molecular formula is C30H38N4O6S. The average molecular weight is 583 g/mol. The highest BCUT2D eigenvalue weighted by molar-refractivity contribution is 7.93. The van der Waals surface area contributed by atoms with E-state index in [1.165, 1.54) is 19.8 Å². The first-order valence-electron chi connectivity index (χ1n) is 14.4. The number of aliphatic hydroxyl groups excluding tert-OH is 1. The molecule has 1 amide bonds. The molecule has 220 valence electrons. The van der Waals surface area contributed by atoms with E-state index in [4.69, 9.17) is 9.15 Å². The number of carbonyl (C=O) groups excluding carboxylic acids is 1. The summed E-state index contributed by atoms with van der Waals surface area (Å²) in [7, 11) is -3.78. The Labute approximate surface area is 240 Å². The third-order valence-electron chi connectivity index (χ3n) is 8.78. The third-order valence-corrected chi connectivity index (χ3v) is 10.5. The number of nitrogens with one attached hydrogen (secondary N) is 2. The molecule has 6 rings (SSSR count). The Morgan fingerprint density at radius 2 is 1.80 bits per heavy atom. The topological polar surface area (TPSA) is 124 Å². The monoisotopic (exact) mass is 582 g/mol. The Morgan fingerprint density at radius 3 is 2.51 bits per heavy atom. The van der Waals surface area contributed by atoms with E-state index in [-0.39, 0.29) is 12.0 Å². The van der Waals surface area contributed by atoms with Crippen molar-refractivity contribution in [1.82, 2.24) is 0 Å². The van der Waals surface area contributed by atoms with Crippen LogP contribution in [0.3, 0.4) is 0 Å². The van der Waals surface area contributed by atoms with Gasteiger partial charge in [-0.3, -0.25) is 9.52 Å². The van der Waals surface area contributed by atoms with E-state index in [2.05, 4.69) is 19.8 Å². The molecule has 3 heterocycles. The minimum Gasteiger partial charge on any atom is -0.462 e. The Hall–Kier alpha value is -3.28. The van der Waals surface area contributed by atoms with Crippen LogP contribution < -0.4 is 19.8 Å². The molecule has 3 aromatic rings. The number of aliphatic hydroxyl groups is 1. The highest BCUT2D eigenvalue weighted by atomic mass is 32.2. The molecule has 0 radical (unpaired) electrons. The minimum absolute atomic E-state index is 0.0881. The second kappa shape index (κ2) is 10.8. The summed E-state index contributed by atoms with van der Waals surface area (Å²) in [6.07, 6.45) is 6.38. The molecule has 0 bridgehead atoms. The van der Waals surface area contributed by atoms with Crippen molar-refractivity contribution in [2.45, 2.75) is 50.9 Å². The van der Waals surface area contributed by atoms with Crippen LogP contribution in [0.15, 0.2) is 47.1 Å². The lowest BCUT2D eigenvalue weighted by Crippen LogP contribution is -2.41. The number of furan rings is 1. The molecule has 2 saturated heterocycles. The van der Waals surface area contributed by atoms with Gasteiger partial charge in [0.15, 0.2) is 5.58 Å². The molecule has 0 unspecified atom stereocenters. The number of morpholine rings is 1. The molecule has 1 saturated carbocycles. The zero-order chi connectivity index (χ0) is 28.8. The SMILES string of the molecule is C[C@@H]1CN(c2cc(NC(=O)c3ccc(NS(=O)(=O)[C@@H](C)CO)cc3N3CCC4(CC3)CC4)cc3ccoc23)CCO1. The first-order chi connectivity index (χ1) is 19.7. The lowest BCUT2D eigenvalue weighted by molar-refractivity contribution is 0.0532. The largest absolute Gasteiger partial charge is 0.462 e. The maximum absolute atomic E-state index is 13.8. The highest BCUT2D eigenvalue weighted by Gasteiger charge is 2.44. The molecule has 3 N–H and O–H groups in total. The third kappa shape index (κ3) is 5.75. The van der Waals surface area contributed by atoms with Gasteiger partial charge in [0.25, 0.3) is 5.91 Å². The highest BCUT2D eigenvalue weighted by Crippen LogP contribution is 2.54. The van der Waals surface area contributed by atoms with Crippen LogP contribution in [0.4, 0.5) is 22.7 Å². The second-order valence-electron chi connectivity index (χ2n) is 11.8. The van der Waals surface area contributed by atoms with Gasteiger partial charge >= 0.3 is 0 Å². The van der Waals surface area contributed by atoms with Crippen molar-refractivity contribution in [3.8, 4) is 0 Å². The lowest BCUT2D eigenvalue weighted by Gasteiger charge is -2.35. The van der Waals surface area contributed by atoms with Crippen molar-refractivity contribution in [1.29, 1.82) is 0 Å². The predicted molar refractivity (Wildman–Crippen MR) is 160 cm³/mol. The Morgan fingerprint density at radius 1 is 1.05 bits per heavy atom. The molecule has 3 fully saturated rings. The van der Waals surface area contributed by atoms with Gasteiger partial charge in [-0.1, -0.05) is 0 Å². The maximum atomic E-state index is 13.8. The van der Waals surface area contributed by atoms with E-state index in [0.29, 0.717) is 34.6 Å². The Kier molecular flexibility index (Phi) is 7.37. The number of sulfonamides is 1. The summed E-state index contributed by atoms with van der Waals surface area (Å²) in [4.78, 5) is 18.2. The van der Waals surface area contributed by atoms with Crippen molar-refractivity contribution in [2.24, 2.45) is 5.41 Å². The van der Waals surface area contributed by atoms with Gasteiger partial charge in [-0.05, 0) is 81.3 Å². The van der Waals surface area contributed by atoms with E-state index in [1.807, 2.05) is 25.1 Å². The summed E-state index contributed by atoms with van der Waals surface area (Å²) in [6.45, 7) is 6.70. The summed E-state index contributed by atoms with van der Waals surface area (Å²) >= 11 is 0. The van der Waals surface area contributed by atoms with Crippen LogP contribution in [0.5, 0.6) is 0 Å². The number of anilines is 4. The first kappa shape index (κ1) is 27.9. The van der Waals surface area contributed by atoms with E-state index in [1.54, 1.807) is 24.5 Å². The zero-order valence-corrected chi connectivity index (χ0v) is 24.4. The molecule has 1 spiro atoms. The maximum Gasteiger partial charge on any atom is 0.257 e. The molecule has 10 nitrogen and oxygen atoms in total. The van der Waals surface area contributed by atoms with E-state index >= 15 is 0 Å². The quantitative estimate of drug-likeness (QED) is 0.357. The number of fused-ring (bicyclic) bond motifs is 1. The number of nitrogens with zero attached hydrogens (tertiary/aromatic N) is 2. The summed E-state index contributed by atoms with van der Waals surface area (Å²) < 4.78 is 39.4. The van der Waals surface area contributed by atoms with Crippen molar-refractivity contribution in [3.63, 3.8) is 0 Å². The summed E-state index contributed by atoms with van der Waals surface area (Å²) in [5.41, 5.74) is 4.32. The van der Waals surface area contributed by atoms with E-state index in [0.717, 1.165) is 55.7 Å². The number of carbonyl (C=O) groups is 1. The van der Waals surface area contributed by atoms with Gasteiger partial charge in [0, 0.05) is 37.3 Å². The molecule has 41 heavy (non-hydrogen) atoms. The summed E-state index contributed by atoms with van der Waals surface area (Å²) in [5.74, 6) is -0.269. The fraction of sp³-hybridized carbons (Fsp3) is 0.500. The molecule has 2 aromatic carbocycles. The predicted octanol–water partition coefficient (Wildman–Crippen LogP) is 4.41. The van der Waals surface area contributed by atoms with E-state index in [9.17, 15) is 18.3 Å². The number of ether oxygens (including phenoxy) is 1. The number of rotatable bonds is 8. The van der Waals surface area contributed by atoms with Crippen LogP contribution in [0.25, 0.3) is 11.0 Å². The zero-order valence-electron chi connectivity index (χ0n) is 23.6. The fourth-order valence-corrected chi connectivity index (χ4v) is 6.77. The van der Waals surface area contributed by atoms with Crippen LogP contribution in [0.2, 0.25) is 0 Å². The standard InChI is InChI=1S/C30H38N4O6S/c1-20-18-34(12-14-39-20)27-17-24(15-22-5-13-40-28(22)27)31-29(36)25-4-3-23(32-41(37,38)21(2)19-35)16-26(25)33-10-8-30(6-7-30)9-11-33/h3-5,13,15-17,20-21,32,35H,6-12,14,18-19H2,1-2H3,(H,31,36)/t20-,21+/m1/s1. The molecule has 1 aliphatic carbocycles. The Balaban J connectivity index is 1.30. The van der Waals surface area contributed by atoms with Crippen LogP contribution >= 0.6 is 0 Å². The lowest BCUT2D eigenvalue weighted by atomic mass is 9.93. The first-order valence-corrected chi connectivity index (χ1v) is 15.9. The van der Waals surface area contributed by atoms with Crippen molar-refractivity contribution in [2.75, 3.05) is 59.2 Å². The smallest absolute Gasteiger partial charge is 0.257 e. The fourth-order valence-electron chi connectivity index (χ4n) is 5.92. The number of hydrogen-bond acceptors (Lipinski definition) is 8. The average Bonchev–Trinajstić information content (AvgIpc) is 3.53. The van der Waals surface area contributed by atoms with Crippen LogP contribution in [0.1, 0.15) is 49.9 Å². The molecule has 2 atom stereocenters. The molecular weight excluding hydrogens is 544 g/mol. The van der Waals surface area contributed by atoms with Crippen LogP contribution in [-0.4, -0.2) is 70.2 Å². The molecule has 11 heteroatoms. The minimum atomic E-state index is -3.78. The summed E-state index contributed by atoms with van der Waals surface area (Å²) in [5, 5.41) is 12.4. The molecule has 2 aliphatic heterocycles. The van der Waals surface area contributed by atoms with Gasteiger partial charge in [0.1, 0.15) is 5.25 Å². The van der Waals surface area contributed by atoms with Gasteiger partial charge in [0.2, 0.25) is 10.0 Å². The van der Waals surface area contributed by atoms with Gasteiger partial charge < -0.3 is 29.4 Å². The van der Waals surface area contributed by atoms with Crippen molar-refractivity contribution in [3.05, 3.63) is 48.2 Å². The van der Waals surface area contributed by atoms with Crippen molar-refractivity contribution < 1.29 is 27.5 Å². The number of benzene rings is 2. The summed E-state index contributed by atoms with van der Waals surface area (Å²) in [6, 6.07) is 10.7. The van der Waals surface area contributed by atoms with Crippen LogP contribution in [0, 0.1) is 5.41 Å². The second-order valence-corrected chi connectivity index (χ2v) is 13.9. The normalized spacial score (nSPS) is 21.2. The van der Waals surface area contributed by atoms with Gasteiger partial charge in [-0.2, -0.15) is 0 Å². The number of piperidine rings is 1. The van der Waals surface area contributed by atoms with Gasteiger partial charge in [0.05, 0.1) is 48.2 Å². The Bertz CT molecular complexity index is 1540. The van der Waals surface area contributed by atoms with Gasteiger partial charge in [-0.25, -0.2) is 8.42 Å². The van der Waals surface area contributed by atoms with Crippen LogP contribution in [-0.2, 0) is 14.8 Å². The number of hydrogen-bond donors (Lipinski definition) is 3.